The van der Waals surface area contributed by atoms with E-state index < -0.39 is 5.60 Å². The van der Waals surface area contributed by atoms with Crippen molar-refractivity contribution in [2.45, 2.75) is 45.6 Å². The summed E-state index contributed by atoms with van der Waals surface area (Å²) in [7, 11) is 0. The van der Waals surface area contributed by atoms with E-state index in [-0.39, 0.29) is 6.09 Å². The minimum atomic E-state index is -0.436. The van der Waals surface area contributed by atoms with Crippen molar-refractivity contribution in [3.63, 3.8) is 0 Å². The number of amides is 1. The Kier molecular flexibility index (Phi) is 4.45. The number of hydrogen-bond acceptors (Lipinski definition) is 3. The molecule has 2 unspecified atom stereocenters. The molecule has 4 nitrogen and oxygen atoms in total. The highest BCUT2D eigenvalue weighted by molar-refractivity contribution is 5.68. The highest BCUT2D eigenvalue weighted by Crippen LogP contribution is 2.32. The largest absolute Gasteiger partial charge is 0.444 e. The van der Waals surface area contributed by atoms with Gasteiger partial charge in [0.15, 0.2) is 0 Å². The van der Waals surface area contributed by atoms with Crippen LogP contribution in [0.25, 0.3) is 0 Å². The zero-order valence-electron chi connectivity index (χ0n) is 13.4. The van der Waals surface area contributed by atoms with Gasteiger partial charge in [0.2, 0.25) is 0 Å². The Balaban J connectivity index is 1.97. The fourth-order valence-electron chi connectivity index (χ4n) is 2.80. The molecule has 2 atom stereocenters. The summed E-state index contributed by atoms with van der Waals surface area (Å²) >= 11 is 0. The number of nitrogens with zero attached hydrogens (tertiary/aromatic N) is 1. The maximum absolute atomic E-state index is 12.1. The first-order valence-electron chi connectivity index (χ1n) is 7.59. The summed E-state index contributed by atoms with van der Waals surface area (Å²) in [6.07, 6.45) is 0.805. The molecule has 1 aromatic carbocycles. The molecule has 1 aromatic rings. The molecule has 0 bridgehead atoms. The summed E-state index contributed by atoms with van der Waals surface area (Å²) in [5, 5.41) is 0. The van der Waals surface area contributed by atoms with Gasteiger partial charge in [0, 0.05) is 18.8 Å². The minimum absolute atomic E-state index is 0.204. The van der Waals surface area contributed by atoms with Gasteiger partial charge < -0.3 is 15.4 Å². The van der Waals surface area contributed by atoms with Gasteiger partial charge in [-0.3, -0.25) is 0 Å². The van der Waals surface area contributed by atoms with Crippen LogP contribution in [0, 0.1) is 5.92 Å². The van der Waals surface area contributed by atoms with Crippen molar-refractivity contribution in [1.29, 1.82) is 0 Å². The number of nitrogen functional groups attached to an aromatic ring is 1. The molecule has 0 saturated carbocycles. The van der Waals surface area contributed by atoms with E-state index in [4.69, 9.17) is 10.5 Å². The van der Waals surface area contributed by atoms with Crippen LogP contribution in [0.2, 0.25) is 0 Å². The number of rotatable bonds is 2. The van der Waals surface area contributed by atoms with E-state index >= 15 is 0 Å². The number of carbonyl (C=O) groups is 1. The van der Waals surface area contributed by atoms with Crippen LogP contribution in [0.4, 0.5) is 10.5 Å². The summed E-state index contributed by atoms with van der Waals surface area (Å²) in [5.41, 5.74) is 7.45. The van der Waals surface area contributed by atoms with Gasteiger partial charge in [0.25, 0.3) is 0 Å². The molecule has 1 saturated heterocycles. The molecule has 116 valence electrons. The third-order valence-electron chi connectivity index (χ3n) is 4.02. The zero-order chi connectivity index (χ0) is 15.6. The Morgan fingerprint density at radius 1 is 1.43 bits per heavy atom. The van der Waals surface area contributed by atoms with Crippen molar-refractivity contribution in [1.82, 2.24) is 4.90 Å². The first-order chi connectivity index (χ1) is 9.76. The summed E-state index contributed by atoms with van der Waals surface area (Å²) in [4.78, 5) is 13.9. The topological polar surface area (TPSA) is 55.6 Å². The predicted molar refractivity (Wildman–Crippen MR) is 85.2 cm³/mol. The Bertz CT molecular complexity index is 508. The van der Waals surface area contributed by atoms with Crippen LogP contribution < -0.4 is 5.73 Å². The smallest absolute Gasteiger partial charge is 0.410 e. The number of carbonyl (C=O) groups excluding carboxylic acids is 1. The molecular weight excluding hydrogens is 264 g/mol. The van der Waals surface area contributed by atoms with E-state index in [9.17, 15) is 4.79 Å². The number of benzene rings is 1. The van der Waals surface area contributed by atoms with E-state index in [1.54, 1.807) is 0 Å². The molecule has 21 heavy (non-hydrogen) atoms. The third kappa shape index (κ3) is 4.13. The Hall–Kier alpha value is -1.71. The molecule has 1 fully saturated rings. The average Bonchev–Trinajstić information content (AvgIpc) is 2.85. The first-order valence-corrected chi connectivity index (χ1v) is 7.59. The van der Waals surface area contributed by atoms with Crippen molar-refractivity contribution < 1.29 is 9.53 Å². The SMILES string of the molecule is CC(c1cccc(N)c1)C1CCN(C(=O)OC(C)(C)C)C1. The van der Waals surface area contributed by atoms with Gasteiger partial charge in [-0.25, -0.2) is 4.79 Å². The van der Waals surface area contributed by atoms with Crippen LogP contribution in [0.1, 0.15) is 45.6 Å². The average molecular weight is 290 g/mol. The number of likely N-dealkylation sites (tertiary alicyclic amines) is 1. The minimum Gasteiger partial charge on any atom is -0.444 e. The third-order valence-corrected chi connectivity index (χ3v) is 4.02. The second-order valence-corrected chi connectivity index (χ2v) is 6.93. The number of nitrogens with two attached hydrogens (primary N) is 1. The van der Waals surface area contributed by atoms with E-state index in [1.165, 1.54) is 5.56 Å². The first kappa shape index (κ1) is 15.7. The molecule has 0 spiro atoms. The second kappa shape index (κ2) is 5.96. The summed E-state index contributed by atoms with van der Waals surface area (Å²) in [6, 6.07) is 8.03. The quantitative estimate of drug-likeness (QED) is 0.846. The van der Waals surface area contributed by atoms with Crippen LogP contribution in [-0.2, 0) is 4.74 Å². The summed E-state index contributed by atoms with van der Waals surface area (Å²) in [5.74, 6) is 0.847. The van der Waals surface area contributed by atoms with Gasteiger partial charge >= 0.3 is 6.09 Å². The normalized spacial score (nSPS) is 20.4. The van der Waals surface area contributed by atoms with Crippen molar-refractivity contribution in [2.75, 3.05) is 18.8 Å². The van der Waals surface area contributed by atoms with Crippen LogP contribution in [-0.4, -0.2) is 29.7 Å². The highest BCUT2D eigenvalue weighted by atomic mass is 16.6. The lowest BCUT2D eigenvalue weighted by Crippen LogP contribution is -2.35. The maximum Gasteiger partial charge on any atom is 0.410 e. The Morgan fingerprint density at radius 3 is 2.76 bits per heavy atom. The van der Waals surface area contributed by atoms with Gasteiger partial charge in [-0.05, 0) is 56.7 Å². The Labute approximate surface area is 127 Å². The Morgan fingerprint density at radius 2 is 2.14 bits per heavy atom. The van der Waals surface area contributed by atoms with Gasteiger partial charge in [-0.1, -0.05) is 19.1 Å². The maximum atomic E-state index is 12.1. The number of anilines is 1. The standard InChI is InChI=1S/C17H26N2O2/c1-12(13-6-5-7-15(18)10-13)14-8-9-19(11-14)16(20)21-17(2,3)4/h5-7,10,12,14H,8-9,11,18H2,1-4H3. The van der Waals surface area contributed by atoms with E-state index in [0.717, 1.165) is 25.2 Å². The highest BCUT2D eigenvalue weighted by Gasteiger charge is 2.32. The molecule has 1 heterocycles. The van der Waals surface area contributed by atoms with Gasteiger partial charge in [0.05, 0.1) is 0 Å². The number of ether oxygens (including phenoxy) is 1. The van der Waals surface area contributed by atoms with Gasteiger partial charge in [-0.15, -0.1) is 0 Å². The van der Waals surface area contributed by atoms with Crippen LogP contribution in [0.5, 0.6) is 0 Å². The van der Waals surface area contributed by atoms with Crippen LogP contribution in [0.15, 0.2) is 24.3 Å². The van der Waals surface area contributed by atoms with E-state index in [1.807, 2.05) is 43.9 Å². The molecule has 0 radical (unpaired) electrons. The monoisotopic (exact) mass is 290 g/mol. The van der Waals surface area contributed by atoms with Crippen molar-refractivity contribution in [2.24, 2.45) is 5.92 Å². The van der Waals surface area contributed by atoms with Crippen molar-refractivity contribution >= 4 is 11.8 Å². The molecule has 2 N–H and O–H groups in total. The summed E-state index contributed by atoms with van der Waals surface area (Å²) in [6.45, 7) is 9.42. The van der Waals surface area contributed by atoms with Crippen molar-refractivity contribution in [3.05, 3.63) is 29.8 Å². The van der Waals surface area contributed by atoms with Crippen LogP contribution >= 0.6 is 0 Å². The second-order valence-electron chi connectivity index (χ2n) is 6.93. The zero-order valence-corrected chi connectivity index (χ0v) is 13.4. The lowest BCUT2D eigenvalue weighted by atomic mass is 9.87. The fourth-order valence-corrected chi connectivity index (χ4v) is 2.80. The van der Waals surface area contributed by atoms with Gasteiger partial charge in [-0.2, -0.15) is 0 Å². The molecular formula is C17H26N2O2. The molecule has 1 aliphatic rings. The molecule has 0 aromatic heterocycles. The molecule has 0 aliphatic carbocycles. The lowest BCUT2D eigenvalue weighted by Gasteiger charge is -2.25. The lowest BCUT2D eigenvalue weighted by molar-refractivity contribution is 0.0287. The van der Waals surface area contributed by atoms with E-state index in [2.05, 4.69) is 13.0 Å². The molecule has 4 heteroatoms. The number of hydrogen-bond donors (Lipinski definition) is 1. The molecule has 2 rings (SSSR count). The van der Waals surface area contributed by atoms with E-state index in [0.29, 0.717) is 11.8 Å². The molecule has 1 amide bonds. The van der Waals surface area contributed by atoms with Crippen LogP contribution in [0.3, 0.4) is 0 Å². The summed E-state index contributed by atoms with van der Waals surface area (Å²) < 4.78 is 5.44. The van der Waals surface area contributed by atoms with Gasteiger partial charge in [0.1, 0.15) is 5.60 Å². The fraction of sp³-hybridized carbons (Fsp3) is 0.588. The predicted octanol–water partition coefficient (Wildman–Crippen LogP) is 3.63. The molecule has 1 aliphatic heterocycles. The van der Waals surface area contributed by atoms with Crippen molar-refractivity contribution in [3.8, 4) is 0 Å².